The van der Waals surface area contributed by atoms with Crippen molar-refractivity contribution in [2.24, 2.45) is 5.41 Å². The Morgan fingerprint density at radius 3 is 2.55 bits per heavy atom. The number of carbonyl (C=O) groups is 2. The van der Waals surface area contributed by atoms with Crippen molar-refractivity contribution in [2.45, 2.75) is 45.3 Å². The van der Waals surface area contributed by atoms with Crippen LogP contribution in [0.4, 0.5) is 24.5 Å². The second-order valence-corrected chi connectivity index (χ2v) is 7.72. The van der Waals surface area contributed by atoms with Crippen LogP contribution in [-0.2, 0) is 22.3 Å². The van der Waals surface area contributed by atoms with Gasteiger partial charge in [-0.15, -0.1) is 0 Å². The number of nitrogens with one attached hydrogen (secondary N) is 2. The van der Waals surface area contributed by atoms with Crippen molar-refractivity contribution in [3.05, 3.63) is 53.3 Å². The maximum absolute atomic E-state index is 13.3. The Bertz CT molecular complexity index is 1020. The Morgan fingerprint density at radius 2 is 1.97 bits per heavy atom. The van der Waals surface area contributed by atoms with Gasteiger partial charge in [0.05, 0.1) is 53.3 Å². The maximum Gasteiger partial charge on any atom is 0.418 e. The van der Waals surface area contributed by atoms with E-state index in [-0.39, 0.29) is 36.8 Å². The molecule has 0 radical (unpaired) electrons. The van der Waals surface area contributed by atoms with E-state index in [2.05, 4.69) is 15.6 Å². The van der Waals surface area contributed by atoms with Gasteiger partial charge in [-0.25, -0.2) is 0 Å². The van der Waals surface area contributed by atoms with E-state index in [1.807, 2.05) is 0 Å². The summed E-state index contributed by atoms with van der Waals surface area (Å²) >= 11 is 0. The average molecular weight is 430 g/mol. The third kappa shape index (κ3) is 5.60. The van der Waals surface area contributed by atoms with Crippen LogP contribution in [-0.4, -0.2) is 16.7 Å². The van der Waals surface area contributed by atoms with Crippen molar-refractivity contribution in [1.82, 2.24) is 10.3 Å². The molecule has 1 aliphatic carbocycles. The monoisotopic (exact) mass is 430 g/mol. The molecule has 2 N–H and O–H groups in total. The summed E-state index contributed by atoms with van der Waals surface area (Å²) in [7, 11) is 0. The number of alkyl halides is 3. The quantitative estimate of drug-likeness (QED) is 0.646. The summed E-state index contributed by atoms with van der Waals surface area (Å²) in [6, 6.07) is 9.01. The van der Waals surface area contributed by atoms with Gasteiger partial charge >= 0.3 is 6.18 Å². The molecule has 1 amide bonds. The molecule has 1 fully saturated rings. The lowest BCUT2D eigenvalue weighted by Crippen LogP contribution is -2.33. The fraction of sp³-hybridized carbons (Fsp3) is 0.364. The molecule has 1 heterocycles. The topological polar surface area (TPSA) is 94.9 Å². The largest absolute Gasteiger partial charge is 0.418 e. The molecular weight excluding hydrogens is 409 g/mol. The number of aryl methyl sites for hydroxylation is 1. The molecule has 0 bridgehead atoms. The molecule has 2 aromatic rings. The summed E-state index contributed by atoms with van der Waals surface area (Å²) in [6.07, 6.45) is -2.04. The van der Waals surface area contributed by atoms with Gasteiger partial charge in [-0.2, -0.15) is 18.4 Å². The Morgan fingerprint density at radius 1 is 1.23 bits per heavy atom. The normalized spacial score (nSPS) is 14.4. The summed E-state index contributed by atoms with van der Waals surface area (Å²) in [5, 5.41) is 14.1. The van der Waals surface area contributed by atoms with Crippen LogP contribution in [0, 0.1) is 23.7 Å². The molecule has 9 heteroatoms. The Hall–Kier alpha value is -3.41. The van der Waals surface area contributed by atoms with Crippen molar-refractivity contribution in [1.29, 1.82) is 5.26 Å². The molecular formula is C22H21F3N4O2. The number of aromatic nitrogens is 1. The van der Waals surface area contributed by atoms with Crippen LogP contribution in [0.25, 0.3) is 0 Å². The van der Waals surface area contributed by atoms with Crippen LogP contribution >= 0.6 is 0 Å². The van der Waals surface area contributed by atoms with Crippen molar-refractivity contribution in [2.75, 3.05) is 5.32 Å². The lowest BCUT2D eigenvalue weighted by atomic mass is 9.97. The van der Waals surface area contributed by atoms with Crippen molar-refractivity contribution in [3.8, 4) is 6.07 Å². The second kappa shape index (κ2) is 8.76. The van der Waals surface area contributed by atoms with Gasteiger partial charge in [0.25, 0.3) is 0 Å². The molecule has 0 atom stereocenters. The summed E-state index contributed by atoms with van der Waals surface area (Å²) in [5.74, 6) is -0.504. The van der Waals surface area contributed by atoms with Gasteiger partial charge in [0.2, 0.25) is 5.91 Å². The third-order valence-corrected chi connectivity index (χ3v) is 5.16. The van der Waals surface area contributed by atoms with E-state index in [0.717, 1.165) is 6.07 Å². The summed E-state index contributed by atoms with van der Waals surface area (Å²) < 4.78 is 39.8. The number of amides is 1. The zero-order chi connectivity index (χ0) is 22.6. The van der Waals surface area contributed by atoms with Gasteiger partial charge in [0.1, 0.15) is 5.78 Å². The number of ketones is 1. The molecule has 162 valence electrons. The highest BCUT2D eigenvalue weighted by Crippen LogP contribution is 2.49. The van der Waals surface area contributed by atoms with E-state index in [4.69, 9.17) is 5.26 Å². The van der Waals surface area contributed by atoms with Gasteiger partial charge in [-0.1, -0.05) is 11.6 Å². The molecule has 0 aliphatic heterocycles. The lowest BCUT2D eigenvalue weighted by molar-refractivity contribution is -0.137. The smallest absolute Gasteiger partial charge is 0.354 e. The Balaban J connectivity index is 1.60. The van der Waals surface area contributed by atoms with Gasteiger partial charge in [0.15, 0.2) is 0 Å². The standard InChI is InChI=1S/C22H21F3N4O2/c1-14-2-5-19(18(10-14)22(23,24)25)29-16-4-3-15(27-13-16)12-28-20(31)21(7-8-21)11-17(30)6-9-26/h2-5,10,13,29H,6-8,11-12H2,1H3,(H,28,31). The van der Waals surface area contributed by atoms with Gasteiger partial charge in [-0.3, -0.25) is 14.6 Å². The number of rotatable bonds is 8. The minimum Gasteiger partial charge on any atom is -0.354 e. The zero-order valence-electron chi connectivity index (χ0n) is 16.8. The number of nitrogens with zero attached hydrogens (tertiary/aromatic N) is 2. The molecule has 3 rings (SSSR count). The third-order valence-electron chi connectivity index (χ3n) is 5.16. The number of hydrogen-bond acceptors (Lipinski definition) is 5. The minimum atomic E-state index is -4.49. The van der Waals surface area contributed by atoms with Crippen LogP contribution in [0.2, 0.25) is 0 Å². The lowest BCUT2D eigenvalue weighted by Gasteiger charge is -2.16. The molecule has 0 saturated heterocycles. The van der Waals surface area contributed by atoms with E-state index in [1.54, 1.807) is 31.2 Å². The minimum absolute atomic E-state index is 0.0563. The number of pyridine rings is 1. The number of halogens is 3. The summed E-state index contributed by atoms with van der Waals surface area (Å²) in [4.78, 5) is 28.3. The predicted molar refractivity (Wildman–Crippen MR) is 107 cm³/mol. The number of anilines is 2. The Labute approximate surface area is 177 Å². The van der Waals surface area contributed by atoms with Crippen LogP contribution in [0.1, 0.15) is 42.5 Å². The SMILES string of the molecule is Cc1ccc(Nc2ccc(CNC(=O)C3(CC(=O)CC#N)CC3)nc2)c(C(F)(F)F)c1. The highest BCUT2D eigenvalue weighted by atomic mass is 19.4. The first-order chi connectivity index (χ1) is 14.6. The van der Waals surface area contributed by atoms with Gasteiger partial charge < -0.3 is 10.6 Å². The maximum atomic E-state index is 13.3. The second-order valence-electron chi connectivity index (χ2n) is 7.72. The Kier molecular flexibility index (Phi) is 6.29. The fourth-order valence-electron chi connectivity index (χ4n) is 3.28. The first kappa shape index (κ1) is 22.3. The van der Waals surface area contributed by atoms with Gasteiger partial charge in [0, 0.05) is 6.42 Å². The zero-order valence-corrected chi connectivity index (χ0v) is 16.8. The van der Waals surface area contributed by atoms with Gasteiger partial charge in [-0.05, 0) is 44.0 Å². The van der Waals surface area contributed by atoms with Crippen molar-refractivity contribution in [3.63, 3.8) is 0 Å². The first-order valence-electron chi connectivity index (χ1n) is 9.70. The van der Waals surface area contributed by atoms with E-state index < -0.39 is 17.2 Å². The molecule has 6 nitrogen and oxygen atoms in total. The number of nitriles is 1. The van der Waals surface area contributed by atoms with E-state index in [1.165, 1.54) is 12.3 Å². The van der Waals surface area contributed by atoms with E-state index >= 15 is 0 Å². The van der Waals surface area contributed by atoms with Crippen molar-refractivity contribution < 1.29 is 22.8 Å². The van der Waals surface area contributed by atoms with E-state index in [9.17, 15) is 22.8 Å². The number of Topliss-reactive ketones (excluding diaryl/α,β-unsaturated/α-hetero) is 1. The van der Waals surface area contributed by atoms with Crippen molar-refractivity contribution >= 4 is 23.1 Å². The number of carbonyl (C=O) groups excluding carboxylic acids is 2. The molecule has 1 aromatic heterocycles. The summed E-state index contributed by atoms with van der Waals surface area (Å²) in [6.45, 7) is 1.72. The molecule has 1 aromatic carbocycles. The highest BCUT2D eigenvalue weighted by Gasteiger charge is 2.50. The van der Waals surface area contributed by atoms with Crippen LogP contribution in [0.5, 0.6) is 0 Å². The molecule has 0 spiro atoms. The molecule has 31 heavy (non-hydrogen) atoms. The predicted octanol–water partition coefficient (Wildman–Crippen LogP) is 4.42. The number of benzene rings is 1. The number of hydrogen-bond donors (Lipinski definition) is 2. The molecule has 0 unspecified atom stereocenters. The summed E-state index contributed by atoms with van der Waals surface area (Å²) in [5.41, 5.74) is -0.147. The fourth-order valence-corrected chi connectivity index (χ4v) is 3.28. The van der Waals surface area contributed by atoms with E-state index in [0.29, 0.717) is 29.8 Å². The molecule has 1 aliphatic rings. The highest BCUT2D eigenvalue weighted by molar-refractivity contribution is 5.92. The van der Waals surface area contributed by atoms with Crippen LogP contribution in [0.15, 0.2) is 36.5 Å². The first-order valence-corrected chi connectivity index (χ1v) is 9.70. The molecule has 1 saturated carbocycles. The average Bonchev–Trinajstić information content (AvgIpc) is 3.48. The van der Waals surface area contributed by atoms with Crippen LogP contribution in [0.3, 0.4) is 0 Å². The van der Waals surface area contributed by atoms with Crippen LogP contribution < -0.4 is 10.6 Å².